The number of carboxylic acids is 1. The summed E-state index contributed by atoms with van der Waals surface area (Å²) in [5, 5.41) is 24.0. The summed E-state index contributed by atoms with van der Waals surface area (Å²) in [6.45, 7) is 7.37. The van der Waals surface area contributed by atoms with Crippen molar-refractivity contribution in [3.8, 4) is 0 Å². The average Bonchev–Trinajstić information content (AvgIpc) is 2.63. The summed E-state index contributed by atoms with van der Waals surface area (Å²) in [4.78, 5) is 24.0. The van der Waals surface area contributed by atoms with Crippen molar-refractivity contribution in [3.05, 3.63) is 16.0 Å². The number of aliphatic hydroxyl groups is 1. The largest absolute Gasteiger partial charge is 0.478 e. The molecule has 1 aromatic rings. The Morgan fingerprint density at radius 3 is 2.38 bits per heavy atom. The Hall–Kier alpha value is -1.60. The van der Waals surface area contributed by atoms with Crippen molar-refractivity contribution in [2.24, 2.45) is 5.92 Å². The second-order valence-electron chi connectivity index (χ2n) is 5.40. The Balaban J connectivity index is 2.79. The van der Waals surface area contributed by atoms with Crippen molar-refractivity contribution in [1.29, 1.82) is 0 Å². The summed E-state index contributed by atoms with van der Waals surface area (Å²) >= 11 is 1.23. The molecule has 0 aliphatic heterocycles. The number of aromatic carboxylic acids is 1. The highest BCUT2D eigenvalue weighted by molar-refractivity contribution is 7.16. The van der Waals surface area contributed by atoms with Crippen molar-refractivity contribution < 1.29 is 19.8 Å². The summed E-state index contributed by atoms with van der Waals surface area (Å²) in [7, 11) is 0. The van der Waals surface area contributed by atoms with E-state index >= 15 is 0 Å². The van der Waals surface area contributed by atoms with E-state index in [1.165, 1.54) is 11.3 Å². The molecule has 1 heterocycles. The molecule has 0 saturated heterocycles. The first-order valence-corrected chi connectivity index (χ1v) is 7.59. The molecule has 0 saturated carbocycles. The summed E-state index contributed by atoms with van der Waals surface area (Å²) in [6.07, 6.45) is 0.651. The molecule has 1 unspecified atom stereocenters. The van der Waals surface area contributed by atoms with Gasteiger partial charge in [-0.25, -0.2) is 9.59 Å². The molecule has 1 atom stereocenters. The maximum absolute atomic E-state index is 11.9. The van der Waals surface area contributed by atoms with Gasteiger partial charge in [0.1, 0.15) is 5.00 Å². The first-order chi connectivity index (χ1) is 9.76. The van der Waals surface area contributed by atoms with Crippen LogP contribution in [0, 0.1) is 19.8 Å². The van der Waals surface area contributed by atoms with Crippen LogP contribution in [0.2, 0.25) is 0 Å². The van der Waals surface area contributed by atoms with E-state index in [4.69, 9.17) is 0 Å². The van der Waals surface area contributed by atoms with Gasteiger partial charge in [0, 0.05) is 4.88 Å². The number of anilines is 1. The van der Waals surface area contributed by atoms with Crippen LogP contribution in [0.3, 0.4) is 0 Å². The molecule has 0 bridgehead atoms. The molecule has 0 spiro atoms. The van der Waals surface area contributed by atoms with E-state index < -0.39 is 12.0 Å². The van der Waals surface area contributed by atoms with Gasteiger partial charge in [-0.1, -0.05) is 13.8 Å². The number of carboxylic acid groups (broad SMARTS) is 1. The van der Waals surface area contributed by atoms with E-state index in [9.17, 15) is 19.8 Å². The predicted molar refractivity (Wildman–Crippen MR) is 83.2 cm³/mol. The highest BCUT2D eigenvalue weighted by atomic mass is 32.1. The molecule has 0 aromatic carbocycles. The molecule has 0 aliphatic rings. The zero-order chi connectivity index (χ0) is 16.2. The first kappa shape index (κ1) is 17.5. The summed E-state index contributed by atoms with van der Waals surface area (Å²) < 4.78 is 0. The van der Waals surface area contributed by atoms with Crippen molar-refractivity contribution in [3.63, 3.8) is 0 Å². The standard InChI is InChI=1S/C14H22N2O4S/c1-7(2)5-10(6-17)15-14(20)16-12-11(13(18)19)8(3)9(4)21-12/h7,10,17H,5-6H2,1-4H3,(H,18,19)(H2,15,16,20). The van der Waals surface area contributed by atoms with Crippen LogP contribution < -0.4 is 10.6 Å². The van der Waals surface area contributed by atoms with E-state index in [-0.39, 0.29) is 18.2 Å². The van der Waals surface area contributed by atoms with Crippen LogP contribution in [0.1, 0.15) is 41.1 Å². The smallest absolute Gasteiger partial charge is 0.338 e. The Morgan fingerprint density at radius 1 is 1.29 bits per heavy atom. The van der Waals surface area contributed by atoms with Crippen LogP contribution in [0.15, 0.2) is 0 Å². The summed E-state index contributed by atoms with van der Waals surface area (Å²) in [6, 6.07) is -0.848. The minimum absolute atomic E-state index is 0.122. The lowest BCUT2D eigenvalue weighted by Crippen LogP contribution is -2.41. The maximum atomic E-state index is 11.9. The zero-order valence-electron chi connectivity index (χ0n) is 12.7. The van der Waals surface area contributed by atoms with Gasteiger partial charge in [-0.3, -0.25) is 5.32 Å². The predicted octanol–water partition coefficient (Wildman–Crippen LogP) is 2.59. The normalized spacial score (nSPS) is 12.3. The SMILES string of the molecule is Cc1sc(NC(=O)NC(CO)CC(C)C)c(C(=O)O)c1C. The molecule has 118 valence electrons. The van der Waals surface area contributed by atoms with Crippen molar-refractivity contribution in [1.82, 2.24) is 5.32 Å². The quantitative estimate of drug-likeness (QED) is 0.648. The Kier molecular flexibility index (Phi) is 6.17. The van der Waals surface area contributed by atoms with Gasteiger partial charge < -0.3 is 15.5 Å². The number of amides is 2. The molecule has 0 radical (unpaired) electrons. The minimum atomic E-state index is -1.06. The zero-order valence-corrected chi connectivity index (χ0v) is 13.5. The number of aryl methyl sites for hydroxylation is 1. The van der Waals surface area contributed by atoms with Gasteiger partial charge in [0.05, 0.1) is 18.2 Å². The van der Waals surface area contributed by atoms with Gasteiger partial charge in [0.25, 0.3) is 0 Å². The van der Waals surface area contributed by atoms with Crippen LogP contribution >= 0.6 is 11.3 Å². The molecule has 21 heavy (non-hydrogen) atoms. The Labute approximate surface area is 128 Å². The number of hydrogen-bond donors (Lipinski definition) is 4. The third-order valence-electron chi connectivity index (χ3n) is 3.14. The Morgan fingerprint density at radius 2 is 1.90 bits per heavy atom. The molecule has 0 aliphatic carbocycles. The molecular weight excluding hydrogens is 292 g/mol. The lowest BCUT2D eigenvalue weighted by Gasteiger charge is -2.18. The number of aliphatic hydroxyl groups excluding tert-OH is 1. The highest BCUT2D eigenvalue weighted by Gasteiger charge is 2.21. The van der Waals surface area contributed by atoms with Crippen LogP contribution in [-0.4, -0.2) is 34.9 Å². The molecule has 7 heteroatoms. The molecular formula is C14H22N2O4S. The lowest BCUT2D eigenvalue weighted by atomic mass is 10.0. The number of thiophene rings is 1. The van der Waals surface area contributed by atoms with Gasteiger partial charge in [-0.05, 0) is 31.7 Å². The monoisotopic (exact) mass is 314 g/mol. The van der Waals surface area contributed by atoms with Crippen LogP contribution in [-0.2, 0) is 0 Å². The van der Waals surface area contributed by atoms with Crippen molar-refractivity contribution in [2.75, 3.05) is 11.9 Å². The van der Waals surface area contributed by atoms with Crippen molar-refractivity contribution in [2.45, 2.75) is 40.2 Å². The van der Waals surface area contributed by atoms with E-state index in [1.54, 1.807) is 6.92 Å². The molecule has 0 fully saturated rings. The molecule has 2 amide bonds. The van der Waals surface area contributed by atoms with Gasteiger partial charge in [-0.15, -0.1) is 11.3 Å². The number of hydrogen-bond acceptors (Lipinski definition) is 4. The third-order valence-corrected chi connectivity index (χ3v) is 4.26. The van der Waals surface area contributed by atoms with Gasteiger partial charge >= 0.3 is 12.0 Å². The fourth-order valence-electron chi connectivity index (χ4n) is 2.05. The lowest BCUT2D eigenvalue weighted by molar-refractivity contribution is 0.0697. The van der Waals surface area contributed by atoms with E-state index in [0.717, 1.165) is 4.88 Å². The molecule has 6 nitrogen and oxygen atoms in total. The van der Waals surface area contributed by atoms with Crippen LogP contribution in [0.5, 0.6) is 0 Å². The number of nitrogens with one attached hydrogen (secondary N) is 2. The fraction of sp³-hybridized carbons (Fsp3) is 0.571. The van der Waals surface area contributed by atoms with Gasteiger partial charge in [0.2, 0.25) is 0 Å². The first-order valence-electron chi connectivity index (χ1n) is 6.77. The minimum Gasteiger partial charge on any atom is -0.478 e. The Bertz CT molecular complexity index is 525. The number of urea groups is 1. The number of rotatable bonds is 6. The van der Waals surface area contributed by atoms with E-state index in [0.29, 0.717) is 22.9 Å². The summed E-state index contributed by atoms with van der Waals surface area (Å²) in [5.41, 5.74) is 0.778. The highest BCUT2D eigenvalue weighted by Crippen LogP contribution is 2.32. The molecule has 1 aromatic heterocycles. The van der Waals surface area contributed by atoms with Gasteiger partial charge in [0.15, 0.2) is 0 Å². The third kappa shape index (κ3) is 4.71. The molecule has 4 N–H and O–H groups in total. The summed E-state index contributed by atoms with van der Waals surface area (Å²) in [5.74, 6) is -0.726. The van der Waals surface area contributed by atoms with E-state index in [2.05, 4.69) is 10.6 Å². The fourth-order valence-corrected chi connectivity index (χ4v) is 3.09. The second kappa shape index (κ2) is 7.42. The van der Waals surface area contributed by atoms with Gasteiger partial charge in [-0.2, -0.15) is 0 Å². The number of carbonyl (C=O) groups is 2. The molecule has 1 rings (SSSR count). The number of carbonyl (C=O) groups excluding carboxylic acids is 1. The maximum Gasteiger partial charge on any atom is 0.338 e. The topological polar surface area (TPSA) is 98.7 Å². The second-order valence-corrected chi connectivity index (χ2v) is 6.62. The van der Waals surface area contributed by atoms with E-state index in [1.807, 2.05) is 20.8 Å². The van der Waals surface area contributed by atoms with Crippen molar-refractivity contribution >= 4 is 28.3 Å². The van der Waals surface area contributed by atoms with Crippen LogP contribution in [0.4, 0.5) is 9.80 Å². The average molecular weight is 314 g/mol. The van der Waals surface area contributed by atoms with Crippen LogP contribution in [0.25, 0.3) is 0 Å².